The van der Waals surface area contributed by atoms with Gasteiger partial charge in [0.25, 0.3) is 0 Å². The van der Waals surface area contributed by atoms with E-state index in [1.165, 1.54) is 11.3 Å². The molecular formula is C32H43N3O6. The lowest BCUT2D eigenvalue weighted by Gasteiger charge is -2.27. The van der Waals surface area contributed by atoms with Gasteiger partial charge >= 0.3 is 18.0 Å². The number of hydrogen-bond donors (Lipinski definition) is 2. The van der Waals surface area contributed by atoms with Crippen molar-refractivity contribution in [3.63, 3.8) is 0 Å². The van der Waals surface area contributed by atoms with Gasteiger partial charge in [0.05, 0.1) is 12.6 Å². The number of carboxylic acid groups (broad SMARTS) is 1. The number of carboxylic acids is 1. The topological polar surface area (TPSA) is 116 Å². The number of nitrogens with zero attached hydrogens (tertiary/aromatic N) is 2. The van der Waals surface area contributed by atoms with E-state index < -0.39 is 42.0 Å². The first-order valence-corrected chi connectivity index (χ1v) is 14.7. The second kappa shape index (κ2) is 16.5. The van der Waals surface area contributed by atoms with E-state index in [1.54, 1.807) is 6.92 Å². The molecule has 2 aromatic rings. The highest BCUT2D eigenvalue weighted by atomic mass is 16.5. The van der Waals surface area contributed by atoms with Crippen LogP contribution in [0.5, 0.6) is 0 Å². The molecule has 222 valence electrons. The molecule has 9 heteroatoms. The molecule has 1 saturated heterocycles. The minimum Gasteiger partial charge on any atom is -0.480 e. The molecule has 0 aromatic heterocycles. The first-order chi connectivity index (χ1) is 19.8. The number of carbonyl (C=O) groups excluding carboxylic acids is 3. The summed E-state index contributed by atoms with van der Waals surface area (Å²) in [7, 11) is 0. The summed E-state index contributed by atoms with van der Waals surface area (Å²) in [6, 6.07) is 14.9. The Morgan fingerprint density at radius 1 is 0.902 bits per heavy atom. The molecule has 1 aliphatic rings. The molecule has 0 aliphatic carbocycles. The Bertz CT molecular complexity index is 1130. The van der Waals surface area contributed by atoms with E-state index in [-0.39, 0.29) is 26.1 Å². The van der Waals surface area contributed by atoms with Crippen LogP contribution in [0.25, 0.3) is 0 Å². The summed E-state index contributed by atoms with van der Waals surface area (Å²) in [4.78, 5) is 54.5. The van der Waals surface area contributed by atoms with Gasteiger partial charge in [0.15, 0.2) is 6.04 Å². The van der Waals surface area contributed by atoms with Crippen molar-refractivity contribution in [3.05, 3.63) is 71.8 Å². The fourth-order valence-corrected chi connectivity index (χ4v) is 5.03. The Morgan fingerprint density at radius 3 is 2.12 bits per heavy atom. The number of esters is 1. The second-order valence-corrected chi connectivity index (χ2v) is 10.5. The minimum atomic E-state index is -1.31. The molecule has 2 aromatic carbocycles. The van der Waals surface area contributed by atoms with Gasteiger partial charge in [-0.1, -0.05) is 113 Å². The molecule has 0 unspecified atom stereocenters. The summed E-state index contributed by atoms with van der Waals surface area (Å²) in [6.45, 7) is 4.13. The molecule has 9 nitrogen and oxygen atoms in total. The molecule has 3 rings (SSSR count). The number of imide groups is 1. The molecule has 0 saturated carbocycles. The zero-order valence-corrected chi connectivity index (χ0v) is 24.2. The van der Waals surface area contributed by atoms with Crippen molar-refractivity contribution < 1.29 is 29.0 Å². The largest absolute Gasteiger partial charge is 0.480 e. The van der Waals surface area contributed by atoms with Crippen molar-refractivity contribution in [3.8, 4) is 0 Å². The number of amides is 3. The quantitative estimate of drug-likeness (QED) is 0.202. The van der Waals surface area contributed by atoms with Crippen LogP contribution in [0.4, 0.5) is 4.79 Å². The number of hydrogen-bond acceptors (Lipinski definition) is 6. The van der Waals surface area contributed by atoms with Crippen molar-refractivity contribution in [1.82, 2.24) is 15.1 Å². The fourth-order valence-electron chi connectivity index (χ4n) is 5.03. The standard InChI is InChI=1S/C32H43N3O6/c1-3-5-6-7-8-15-20-27(31(39)41-23-25-18-13-10-14-19-25)33-26(4-2)29(36)35-28(30(37)38)22-34(32(35)40)21-24-16-11-9-12-17-24/h9-14,16-19,26-28,33H,3-8,15,20-23H2,1-2H3,(H,37,38)/t26-,27-,28-/m0/s1. The van der Waals surface area contributed by atoms with Crippen molar-refractivity contribution in [2.45, 2.75) is 96.5 Å². The lowest BCUT2D eigenvalue weighted by Crippen LogP contribution is -2.55. The summed E-state index contributed by atoms with van der Waals surface area (Å²) in [5.74, 6) is -2.37. The molecule has 1 aliphatic heterocycles. The molecule has 3 atom stereocenters. The van der Waals surface area contributed by atoms with Crippen LogP contribution in [0.1, 0.15) is 76.3 Å². The van der Waals surface area contributed by atoms with Crippen LogP contribution in [0.3, 0.4) is 0 Å². The molecule has 0 radical (unpaired) electrons. The van der Waals surface area contributed by atoms with Gasteiger partial charge in [-0.15, -0.1) is 0 Å². The van der Waals surface area contributed by atoms with Crippen LogP contribution >= 0.6 is 0 Å². The number of carbonyl (C=O) groups is 4. The number of benzene rings is 2. The van der Waals surface area contributed by atoms with E-state index in [9.17, 15) is 24.3 Å². The summed E-state index contributed by atoms with van der Waals surface area (Å²) >= 11 is 0. The maximum atomic E-state index is 13.7. The molecule has 2 N–H and O–H groups in total. The molecule has 1 heterocycles. The number of ether oxygens (including phenoxy) is 1. The zero-order valence-electron chi connectivity index (χ0n) is 24.2. The zero-order chi connectivity index (χ0) is 29.6. The minimum absolute atomic E-state index is 0.106. The number of urea groups is 1. The van der Waals surface area contributed by atoms with Crippen LogP contribution in [0, 0.1) is 0 Å². The molecule has 0 bridgehead atoms. The Labute approximate surface area is 242 Å². The number of nitrogens with one attached hydrogen (secondary N) is 1. The van der Waals surface area contributed by atoms with Gasteiger partial charge in [0.1, 0.15) is 12.6 Å². The van der Waals surface area contributed by atoms with E-state index >= 15 is 0 Å². The van der Waals surface area contributed by atoms with E-state index in [0.717, 1.165) is 48.1 Å². The molecule has 0 spiro atoms. The first-order valence-electron chi connectivity index (χ1n) is 14.7. The van der Waals surface area contributed by atoms with Gasteiger partial charge in [-0.05, 0) is 24.0 Å². The summed E-state index contributed by atoms with van der Waals surface area (Å²) in [6.07, 6.45) is 6.99. The molecule has 3 amide bonds. The van der Waals surface area contributed by atoms with E-state index in [0.29, 0.717) is 6.42 Å². The van der Waals surface area contributed by atoms with Gasteiger partial charge in [0.2, 0.25) is 5.91 Å². The molecule has 41 heavy (non-hydrogen) atoms. The highest BCUT2D eigenvalue weighted by Crippen LogP contribution is 2.22. The first kappa shape index (κ1) is 31.8. The summed E-state index contributed by atoms with van der Waals surface area (Å²) in [5.41, 5.74) is 1.69. The summed E-state index contributed by atoms with van der Waals surface area (Å²) < 4.78 is 5.60. The van der Waals surface area contributed by atoms with Crippen LogP contribution in [0.15, 0.2) is 60.7 Å². The lowest BCUT2D eigenvalue weighted by molar-refractivity contribution is -0.150. The lowest BCUT2D eigenvalue weighted by atomic mass is 10.0. The third-order valence-corrected chi connectivity index (χ3v) is 7.38. The number of rotatable bonds is 17. The maximum absolute atomic E-state index is 13.7. The Balaban J connectivity index is 1.71. The maximum Gasteiger partial charge on any atom is 0.328 e. The molecule has 1 fully saturated rings. The Hall–Kier alpha value is -3.72. The average molecular weight is 566 g/mol. The van der Waals surface area contributed by atoms with Gasteiger partial charge in [-0.3, -0.25) is 14.9 Å². The van der Waals surface area contributed by atoms with Gasteiger partial charge in [-0.25, -0.2) is 14.5 Å². The van der Waals surface area contributed by atoms with Gasteiger partial charge in [0, 0.05) is 6.54 Å². The normalized spacial score (nSPS) is 16.4. The van der Waals surface area contributed by atoms with Crippen molar-refractivity contribution >= 4 is 23.9 Å². The van der Waals surface area contributed by atoms with Crippen molar-refractivity contribution in [2.75, 3.05) is 6.54 Å². The van der Waals surface area contributed by atoms with Gasteiger partial charge < -0.3 is 14.7 Å². The van der Waals surface area contributed by atoms with Crippen molar-refractivity contribution in [1.29, 1.82) is 0 Å². The number of aliphatic carboxylic acids is 1. The predicted molar refractivity (Wildman–Crippen MR) is 156 cm³/mol. The highest BCUT2D eigenvalue weighted by molar-refractivity contribution is 6.03. The van der Waals surface area contributed by atoms with Crippen LogP contribution < -0.4 is 5.32 Å². The molecular weight excluding hydrogens is 522 g/mol. The van der Waals surface area contributed by atoms with Gasteiger partial charge in [-0.2, -0.15) is 0 Å². The van der Waals surface area contributed by atoms with E-state index in [4.69, 9.17) is 4.74 Å². The SMILES string of the molecule is CCCCCCCC[C@H](N[C@@H](CC)C(=O)N1C(=O)N(Cc2ccccc2)C[C@H]1C(=O)O)C(=O)OCc1ccccc1. The van der Waals surface area contributed by atoms with Crippen LogP contribution in [-0.4, -0.2) is 63.5 Å². The Morgan fingerprint density at radius 2 is 1.51 bits per heavy atom. The van der Waals surface area contributed by atoms with Crippen LogP contribution in [0.2, 0.25) is 0 Å². The van der Waals surface area contributed by atoms with E-state index in [2.05, 4.69) is 12.2 Å². The monoisotopic (exact) mass is 565 g/mol. The third-order valence-electron chi connectivity index (χ3n) is 7.38. The summed E-state index contributed by atoms with van der Waals surface area (Å²) in [5, 5.41) is 13.0. The number of unbranched alkanes of at least 4 members (excludes halogenated alkanes) is 5. The van der Waals surface area contributed by atoms with Crippen LogP contribution in [-0.2, 0) is 32.3 Å². The fraction of sp³-hybridized carbons (Fsp3) is 0.500. The predicted octanol–water partition coefficient (Wildman–Crippen LogP) is 5.13. The van der Waals surface area contributed by atoms with E-state index in [1.807, 2.05) is 60.7 Å². The average Bonchev–Trinajstić information content (AvgIpc) is 3.31. The second-order valence-electron chi connectivity index (χ2n) is 10.5. The highest BCUT2D eigenvalue weighted by Gasteiger charge is 2.47. The smallest absolute Gasteiger partial charge is 0.328 e. The Kier molecular flexibility index (Phi) is 12.8. The third kappa shape index (κ3) is 9.42. The van der Waals surface area contributed by atoms with Crippen molar-refractivity contribution in [2.24, 2.45) is 0 Å².